The molecule has 6 nitrogen and oxygen atoms in total. The first-order valence-corrected chi connectivity index (χ1v) is 11.7. The Morgan fingerprint density at radius 1 is 1.19 bits per heavy atom. The average Bonchev–Trinajstić information content (AvgIpc) is 2.70. The molecule has 2 N–H and O–H groups in total. The number of pyridine rings is 1. The summed E-state index contributed by atoms with van der Waals surface area (Å²) in [5.41, 5.74) is 4.06. The summed E-state index contributed by atoms with van der Waals surface area (Å²) in [7, 11) is -2.24. The van der Waals surface area contributed by atoms with Gasteiger partial charge in [0.2, 0.25) is 6.16 Å². The van der Waals surface area contributed by atoms with Crippen LogP contribution >= 0.6 is 8.03 Å². The van der Waals surface area contributed by atoms with Gasteiger partial charge < -0.3 is 10.2 Å². The lowest BCUT2D eigenvalue weighted by molar-refractivity contribution is -0.138. The Bertz CT molecular complexity index is 1030. The quantitative estimate of drug-likeness (QED) is 0.400. The van der Waals surface area contributed by atoms with E-state index in [-0.39, 0.29) is 30.4 Å². The number of aliphatic carboxylic acids is 1. The Labute approximate surface area is 188 Å². The maximum absolute atomic E-state index is 13.5. The number of hydrogen-bond donors (Lipinski definition) is 2. The van der Waals surface area contributed by atoms with E-state index in [4.69, 9.17) is 14.6 Å². The van der Waals surface area contributed by atoms with Crippen LogP contribution in [0.15, 0.2) is 30.3 Å². The predicted octanol–water partition coefficient (Wildman–Crippen LogP) is 5.08. The number of hydrogen-bond acceptors (Lipinski definition) is 5. The van der Waals surface area contributed by atoms with E-state index in [1.165, 1.54) is 12.1 Å². The molecule has 0 aliphatic heterocycles. The zero-order chi connectivity index (χ0) is 23.8. The van der Waals surface area contributed by atoms with Gasteiger partial charge in [-0.3, -0.25) is 9.78 Å². The number of carboxylic acid groups (broad SMARTS) is 1. The summed E-state index contributed by atoms with van der Waals surface area (Å²) >= 11 is 0. The Balaban J connectivity index is 2.33. The number of nitrogens with zero attached hydrogens (tertiary/aromatic N) is 1. The number of carboxylic acids is 1. The second kappa shape index (κ2) is 11.8. The van der Waals surface area contributed by atoms with Gasteiger partial charge in [0, 0.05) is 11.3 Å². The third-order valence-electron chi connectivity index (χ3n) is 4.63. The van der Waals surface area contributed by atoms with Crippen LogP contribution in [0.25, 0.3) is 11.1 Å². The van der Waals surface area contributed by atoms with E-state index in [9.17, 15) is 18.9 Å². The summed E-state index contributed by atoms with van der Waals surface area (Å²) in [5, 5.41) is 18.2. The van der Waals surface area contributed by atoms with Gasteiger partial charge in [-0.15, -0.1) is 4.52 Å². The minimum Gasteiger partial charge on any atom is -0.481 e. The number of aliphatic hydroxyl groups excluding tert-OH is 1. The van der Waals surface area contributed by atoms with Crippen LogP contribution in [-0.4, -0.2) is 40.0 Å². The molecule has 170 valence electrons. The molecule has 1 aromatic heterocycles. The lowest BCUT2D eigenvalue weighted by Crippen LogP contribution is -2.15. The summed E-state index contributed by atoms with van der Waals surface area (Å²) in [5.74, 6) is 4.69. The van der Waals surface area contributed by atoms with Crippen molar-refractivity contribution in [3.63, 3.8) is 0 Å². The van der Waals surface area contributed by atoms with Crippen molar-refractivity contribution in [2.24, 2.45) is 0 Å². The van der Waals surface area contributed by atoms with Crippen LogP contribution in [0.2, 0.25) is 0 Å². The van der Waals surface area contributed by atoms with Gasteiger partial charge >= 0.3 is 14.0 Å². The normalized spacial score (nSPS) is 12.4. The molecule has 2 aromatic rings. The number of benzene rings is 1. The monoisotopic (exact) mass is 460 g/mol. The van der Waals surface area contributed by atoms with Crippen molar-refractivity contribution in [2.75, 3.05) is 12.8 Å². The molecular weight excluding hydrogens is 432 g/mol. The Hall–Kier alpha value is -2.65. The van der Waals surface area contributed by atoms with E-state index >= 15 is 0 Å². The lowest BCUT2D eigenvalue weighted by Gasteiger charge is -2.17. The molecule has 32 heavy (non-hydrogen) atoms. The number of halogens is 1. The van der Waals surface area contributed by atoms with Crippen molar-refractivity contribution in [3.8, 4) is 23.0 Å². The van der Waals surface area contributed by atoms with Crippen LogP contribution in [-0.2, 0) is 13.9 Å². The molecule has 0 bridgehead atoms. The van der Waals surface area contributed by atoms with Crippen LogP contribution in [0.3, 0.4) is 0 Å². The Kier molecular flexibility index (Phi) is 9.46. The first kappa shape index (κ1) is 25.6. The molecule has 0 aliphatic rings. The summed E-state index contributed by atoms with van der Waals surface area (Å²) in [6.45, 7) is 7.98. The fraction of sp³-hybridized carbons (Fsp3) is 0.417. The second-order valence-electron chi connectivity index (χ2n) is 8.01. The van der Waals surface area contributed by atoms with Gasteiger partial charge in [-0.05, 0) is 40.2 Å². The van der Waals surface area contributed by atoms with E-state index in [1.54, 1.807) is 12.1 Å². The predicted molar refractivity (Wildman–Crippen MR) is 121 cm³/mol. The lowest BCUT2D eigenvalue weighted by atomic mass is 9.92. The highest BCUT2D eigenvalue weighted by Crippen LogP contribution is 2.32. The fourth-order valence-corrected chi connectivity index (χ4v) is 3.79. The smallest absolute Gasteiger partial charge is 0.481 e. The van der Waals surface area contributed by atoms with Crippen molar-refractivity contribution < 1.29 is 28.5 Å². The molecule has 1 unspecified atom stereocenters. The first-order valence-electron chi connectivity index (χ1n) is 10.4. The minimum atomic E-state index is -2.24. The SMILES string of the molecule is CC(C)c1cc(-c2ccc(F)cc2)c(C#CCO[P+](=O)C[C@@H](O)CC(=O)O)c(C(C)C)n1. The molecular formula is C24H28FNO5P+. The second-order valence-corrected chi connectivity index (χ2v) is 9.30. The highest BCUT2D eigenvalue weighted by molar-refractivity contribution is 7.39. The van der Waals surface area contributed by atoms with E-state index in [2.05, 4.69) is 25.7 Å². The molecule has 2 atom stereocenters. The molecule has 1 heterocycles. The number of aromatic nitrogens is 1. The third kappa shape index (κ3) is 7.49. The summed E-state index contributed by atoms with van der Waals surface area (Å²) in [6.07, 6.45) is -2.01. The van der Waals surface area contributed by atoms with Gasteiger partial charge in [0.1, 0.15) is 11.9 Å². The maximum Gasteiger partial charge on any atom is 0.511 e. The largest absolute Gasteiger partial charge is 0.511 e. The molecule has 0 saturated carbocycles. The minimum absolute atomic E-state index is 0.0842. The van der Waals surface area contributed by atoms with Gasteiger partial charge in [0.15, 0.2) is 6.61 Å². The zero-order valence-corrected chi connectivity index (χ0v) is 19.5. The van der Waals surface area contributed by atoms with E-state index in [0.29, 0.717) is 5.56 Å². The summed E-state index contributed by atoms with van der Waals surface area (Å²) in [4.78, 5) is 15.4. The van der Waals surface area contributed by atoms with Crippen LogP contribution in [0.5, 0.6) is 0 Å². The average molecular weight is 460 g/mol. The van der Waals surface area contributed by atoms with Gasteiger partial charge in [-0.2, -0.15) is 0 Å². The van der Waals surface area contributed by atoms with Crippen molar-refractivity contribution in [1.29, 1.82) is 0 Å². The molecule has 0 saturated heterocycles. The fourth-order valence-electron chi connectivity index (χ4n) is 3.01. The van der Waals surface area contributed by atoms with E-state index < -0.39 is 26.5 Å². The Morgan fingerprint density at radius 3 is 2.41 bits per heavy atom. The molecule has 0 aliphatic carbocycles. The molecule has 0 spiro atoms. The molecule has 0 fully saturated rings. The van der Waals surface area contributed by atoms with Crippen LogP contribution in [0.4, 0.5) is 4.39 Å². The highest BCUT2D eigenvalue weighted by Gasteiger charge is 2.25. The van der Waals surface area contributed by atoms with Crippen molar-refractivity contribution in [2.45, 2.75) is 52.1 Å². The molecule has 0 radical (unpaired) electrons. The zero-order valence-electron chi connectivity index (χ0n) is 18.6. The van der Waals surface area contributed by atoms with Crippen LogP contribution in [0.1, 0.15) is 62.9 Å². The number of rotatable bonds is 9. The van der Waals surface area contributed by atoms with Crippen LogP contribution in [0, 0.1) is 17.7 Å². The summed E-state index contributed by atoms with van der Waals surface area (Å²) in [6, 6.07) is 8.14. The van der Waals surface area contributed by atoms with Gasteiger partial charge in [-0.25, -0.2) is 4.39 Å². The van der Waals surface area contributed by atoms with Gasteiger partial charge in [0.05, 0.1) is 17.7 Å². The molecule has 0 amide bonds. The number of carbonyl (C=O) groups is 1. The van der Waals surface area contributed by atoms with Crippen molar-refractivity contribution >= 4 is 14.0 Å². The van der Waals surface area contributed by atoms with Crippen molar-refractivity contribution in [1.82, 2.24) is 4.98 Å². The topological polar surface area (TPSA) is 96.7 Å². The molecule has 1 aromatic carbocycles. The molecule has 8 heteroatoms. The van der Waals surface area contributed by atoms with Gasteiger partial charge in [-0.1, -0.05) is 51.7 Å². The Morgan fingerprint density at radius 2 is 1.84 bits per heavy atom. The standard InChI is InChI=1S/C24H27FNO5P/c1-15(2)22-13-21(17-7-9-18(25)10-8-17)20(24(26-22)16(3)4)6-5-11-31-32(30)14-19(27)12-23(28)29/h7-10,13,15-16,19,27H,11-12,14H2,1-4H3/p+1/t19-/m0/s1. The van der Waals surface area contributed by atoms with Crippen molar-refractivity contribution in [3.05, 3.63) is 53.1 Å². The van der Waals surface area contributed by atoms with Gasteiger partial charge in [0.25, 0.3) is 0 Å². The third-order valence-corrected chi connectivity index (χ3v) is 5.76. The number of aliphatic hydroxyl groups is 1. The van der Waals surface area contributed by atoms with E-state index in [0.717, 1.165) is 22.5 Å². The summed E-state index contributed by atoms with van der Waals surface area (Å²) < 4.78 is 30.5. The maximum atomic E-state index is 13.5. The highest BCUT2D eigenvalue weighted by atomic mass is 31.1. The first-order chi connectivity index (χ1) is 15.1. The van der Waals surface area contributed by atoms with Crippen LogP contribution < -0.4 is 0 Å². The van der Waals surface area contributed by atoms with E-state index in [1.807, 2.05) is 19.9 Å². The molecule has 2 rings (SSSR count).